The molecule has 5 nitrogen and oxygen atoms in total. The summed E-state index contributed by atoms with van der Waals surface area (Å²) >= 11 is 0. The summed E-state index contributed by atoms with van der Waals surface area (Å²) in [5.74, 6) is 0.740. The van der Waals surface area contributed by atoms with Gasteiger partial charge in [-0.3, -0.25) is 4.79 Å². The van der Waals surface area contributed by atoms with Gasteiger partial charge in [0.25, 0.3) is 0 Å². The molecular formula is C13H24N4O. The lowest BCUT2D eigenvalue weighted by atomic mass is 10.0. The molecule has 1 amide bonds. The van der Waals surface area contributed by atoms with Crippen molar-refractivity contribution in [3.05, 3.63) is 18.7 Å². The van der Waals surface area contributed by atoms with Crippen molar-refractivity contribution in [2.75, 3.05) is 6.54 Å². The molecule has 0 radical (unpaired) electrons. The Morgan fingerprint density at radius 2 is 2.17 bits per heavy atom. The summed E-state index contributed by atoms with van der Waals surface area (Å²) in [5.41, 5.74) is 5.81. The van der Waals surface area contributed by atoms with E-state index in [2.05, 4.69) is 31.1 Å². The zero-order valence-corrected chi connectivity index (χ0v) is 11.5. The van der Waals surface area contributed by atoms with E-state index in [9.17, 15) is 4.79 Å². The Balaban J connectivity index is 2.25. The number of carbonyl (C=O) groups is 1. The Kier molecular flexibility index (Phi) is 5.85. The minimum Gasteiger partial charge on any atom is -0.354 e. The van der Waals surface area contributed by atoms with Gasteiger partial charge in [-0.15, -0.1) is 0 Å². The summed E-state index contributed by atoms with van der Waals surface area (Å²) in [4.78, 5) is 15.7. The van der Waals surface area contributed by atoms with E-state index in [-0.39, 0.29) is 5.91 Å². The topological polar surface area (TPSA) is 72.9 Å². The third-order valence-corrected chi connectivity index (χ3v) is 2.77. The third kappa shape index (κ3) is 5.31. The van der Waals surface area contributed by atoms with Gasteiger partial charge in [0.1, 0.15) is 0 Å². The van der Waals surface area contributed by atoms with E-state index in [1.807, 2.05) is 10.8 Å². The average Bonchev–Trinajstić information content (AvgIpc) is 2.77. The summed E-state index contributed by atoms with van der Waals surface area (Å²) in [6.45, 7) is 7.71. The highest BCUT2D eigenvalue weighted by atomic mass is 16.2. The van der Waals surface area contributed by atoms with Crippen LogP contribution in [0.5, 0.6) is 0 Å². The van der Waals surface area contributed by atoms with Crippen LogP contribution >= 0.6 is 0 Å². The zero-order valence-electron chi connectivity index (χ0n) is 11.5. The fourth-order valence-electron chi connectivity index (χ4n) is 1.84. The van der Waals surface area contributed by atoms with Crippen LogP contribution in [0.4, 0.5) is 0 Å². The fraction of sp³-hybridized carbons (Fsp3) is 0.692. The van der Waals surface area contributed by atoms with E-state index >= 15 is 0 Å². The molecule has 102 valence electrons. The number of carbonyl (C=O) groups excluding carboxylic acids is 1. The molecule has 1 heterocycles. The van der Waals surface area contributed by atoms with Gasteiger partial charge in [-0.1, -0.05) is 20.8 Å². The predicted octanol–water partition coefficient (Wildman–Crippen LogP) is 1.01. The predicted molar refractivity (Wildman–Crippen MR) is 71.8 cm³/mol. The highest BCUT2D eigenvalue weighted by molar-refractivity contribution is 5.81. The van der Waals surface area contributed by atoms with E-state index in [0.717, 1.165) is 13.0 Å². The number of hydrogen-bond donors (Lipinski definition) is 2. The van der Waals surface area contributed by atoms with Crippen molar-refractivity contribution in [1.29, 1.82) is 0 Å². The molecule has 1 aromatic rings. The average molecular weight is 252 g/mol. The molecule has 1 unspecified atom stereocenters. The first-order valence-electron chi connectivity index (χ1n) is 6.48. The monoisotopic (exact) mass is 252 g/mol. The maximum Gasteiger partial charge on any atom is 0.236 e. The Hall–Kier alpha value is -1.36. The van der Waals surface area contributed by atoms with E-state index in [0.29, 0.717) is 18.4 Å². The van der Waals surface area contributed by atoms with Gasteiger partial charge in [0, 0.05) is 25.5 Å². The van der Waals surface area contributed by atoms with E-state index in [1.165, 1.54) is 0 Å². The smallest absolute Gasteiger partial charge is 0.236 e. The molecular weight excluding hydrogens is 228 g/mol. The van der Waals surface area contributed by atoms with Crippen LogP contribution in [0.15, 0.2) is 18.7 Å². The van der Waals surface area contributed by atoms with Crippen LogP contribution in [-0.2, 0) is 11.3 Å². The first-order chi connectivity index (χ1) is 8.49. The van der Waals surface area contributed by atoms with Crippen molar-refractivity contribution in [2.24, 2.45) is 17.6 Å². The molecule has 0 aliphatic carbocycles. The largest absolute Gasteiger partial charge is 0.354 e. The fourth-order valence-corrected chi connectivity index (χ4v) is 1.84. The quantitative estimate of drug-likeness (QED) is 0.760. The standard InChI is InChI=1S/C13H24N4O/c1-10(2)6-12(14)13(18)16-7-11(3)8-17-5-4-15-9-17/h4-5,9-12H,6-8,14H2,1-3H3,(H,16,18)/t11?,12-/m0/s1. The third-order valence-electron chi connectivity index (χ3n) is 2.77. The van der Waals surface area contributed by atoms with Gasteiger partial charge in [-0.2, -0.15) is 0 Å². The van der Waals surface area contributed by atoms with Crippen LogP contribution in [0.2, 0.25) is 0 Å². The summed E-state index contributed by atoms with van der Waals surface area (Å²) in [5, 5.41) is 2.90. The second kappa shape index (κ2) is 7.16. The summed E-state index contributed by atoms with van der Waals surface area (Å²) in [7, 11) is 0. The number of nitrogens with zero attached hydrogens (tertiary/aromatic N) is 2. The summed E-state index contributed by atoms with van der Waals surface area (Å²) in [6, 6.07) is -0.398. The lowest BCUT2D eigenvalue weighted by Gasteiger charge is -2.17. The van der Waals surface area contributed by atoms with E-state index < -0.39 is 6.04 Å². The number of imidazole rings is 1. The number of hydrogen-bond acceptors (Lipinski definition) is 3. The van der Waals surface area contributed by atoms with Gasteiger partial charge in [-0.05, 0) is 18.3 Å². The minimum absolute atomic E-state index is 0.0545. The minimum atomic E-state index is -0.398. The normalized spacial score (nSPS) is 14.5. The van der Waals surface area contributed by atoms with Crippen LogP contribution in [0.1, 0.15) is 27.2 Å². The van der Waals surface area contributed by atoms with Crippen molar-refractivity contribution in [3.63, 3.8) is 0 Å². The Morgan fingerprint density at radius 1 is 1.44 bits per heavy atom. The molecule has 0 bridgehead atoms. The maximum atomic E-state index is 11.7. The maximum absolute atomic E-state index is 11.7. The van der Waals surface area contributed by atoms with Gasteiger partial charge >= 0.3 is 0 Å². The SMILES string of the molecule is CC(C)C[C@H](N)C(=O)NCC(C)Cn1ccnc1. The highest BCUT2D eigenvalue weighted by Gasteiger charge is 2.15. The van der Waals surface area contributed by atoms with Gasteiger partial charge in [0.15, 0.2) is 0 Å². The number of aromatic nitrogens is 2. The Morgan fingerprint density at radius 3 is 2.72 bits per heavy atom. The van der Waals surface area contributed by atoms with Gasteiger partial charge in [0.05, 0.1) is 12.4 Å². The van der Waals surface area contributed by atoms with Crippen LogP contribution < -0.4 is 11.1 Å². The molecule has 0 saturated carbocycles. The van der Waals surface area contributed by atoms with Crippen LogP contribution in [0.25, 0.3) is 0 Å². The molecule has 2 atom stereocenters. The molecule has 0 spiro atoms. The molecule has 3 N–H and O–H groups in total. The molecule has 0 aromatic carbocycles. The van der Waals surface area contributed by atoms with E-state index in [1.54, 1.807) is 12.5 Å². The number of nitrogens with two attached hydrogens (primary N) is 1. The van der Waals surface area contributed by atoms with Gasteiger partial charge < -0.3 is 15.6 Å². The number of rotatable bonds is 7. The summed E-state index contributed by atoms with van der Waals surface area (Å²) < 4.78 is 2.00. The lowest BCUT2D eigenvalue weighted by Crippen LogP contribution is -2.43. The second-order valence-electron chi connectivity index (χ2n) is 5.35. The van der Waals surface area contributed by atoms with Gasteiger partial charge in [-0.25, -0.2) is 4.98 Å². The van der Waals surface area contributed by atoms with Crippen LogP contribution in [0.3, 0.4) is 0 Å². The first kappa shape index (κ1) is 14.7. The van der Waals surface area contributed by atoms with Crippen molar-refractivity contribution in [1.82, 2.24) is 14.9 Å². The first-order valence-corrected chi connectivity index (χ1v) is 6.48. The summed E-state index contributed by atoms with van der Waals surface area (Å²) in [6.07, 6.45) is 6.18. The molecule has 5 heteroatoms. The molecule has 1 rings (SSSR count). The molecule has 0 saturated heterocycles. The lowest BCUT2D eigenvalue weighted by molar-refractivity contribution is -0.122. The van der Waals surface area contributed by atoms with Gasteiger partial charge in [0.2, 0.25) is 5.91 Å². The molecule has 18 heavy (non-hydrogen) atoms. The Bertz CT molecular complexity index is 348. The number of nitrogens with one attached hydrogen (secondary N) is 1. The van der Waals surface area contributed by atoms with Crippen molar-refractivity contribution >= 4 is 5.91 Å². The molecule has 0 aliphatic rings. The Labute approximate surface area is 109 Å². The van der Waals surface area contributed by atoms with Crippen LogP contribution in [-0.4, -0.2) is 28.0 Å². The highest BCUT2D eigenvalue weighted by Crippen LogP contribution is 2.03. The van der Waals surface area contributed by atoms with Crippen LogP contribution in [0, 0.1) is 11.8 Å². The van der Waals surface area contributed by atoms with Crippen molar-refractivity contribution < 1.29 is 4.79 Å². The second-order valence-corrected chi connectivity index (χ2v) is 5.35. The van der Waals surface area contributed by atoms with E-state index in [4.69, 9.17) is 5.73 Å². The van der Waals surface area contributed by atoms with Crippen molar-refractivity contribution in [2.45, 2.75) is 39.8 Å². The van der Waals surface area contributed by atoms with Crippen molar-refractivity contribution in [3.8, 4) is 0 Å². The zero-order chi connectivity index (χ0) is 13.5. The molecule has 0 fully saturated rings. The molecule has 1 aromatic heterocycles. The molecule has 0 aliphatic heterocycles. The number of amides is 1.